The molecule has 2 N–H and O–H groups in total. The summed E-state index contributed by atoms with van der Waals surface area (Å²) in [6.07, 6.45) is 1.91. The Morgan fingerprint density at radius 1 is 1.33 bits per heavy atom. The minimum Gasteiger partial charge on any atom is -0.481 e. The van der Waals surface area contributed by atoms with E-state index in [1.807, 2.05) is 0 Å². The van der Waals surface area contributed by atoms with E-state index in [1.54, 1.807) is 4.90 Å². The smallest absolute Gasteiger partial charge is 0.308 e. The van der Waals surface area contributed by atoms with Crippen LogP contribution in [0, 0.1) is 5.92 Å². The van der Waals surface area contributed by atoms with Crippen molar-refractivity contribution in [2.45, 2.75) is 37.5 Å². The van der Waals surface area contributed by atoms with Crippen LogP contribution in [-0.2, 0) is 14.3 Å². The van der Waals surface area contributed by atoms with Gasteiger partial charge < -0.3 is 20.1 Å². The molecule has 6 nitrogen and oxygen atoms in total. The van der Waals surface area contributed by atoms with E-state index in [1.165, 1.54) is 0 Å². The fourth-order valence-electron chi connectivity index (χ4n) is 3.49. The predicted octanol–water partition coefficient (Wildman–Crippen LogP) is -0.561. The van der Waals surface area contributed by atoms with E-state index in [2.05, 4.69) is 5.32 Å². The lowest BCUT2D eigenvalue weighted by atomic mass is 9.89. The molecule has 2 bridgehead atoms. The molecule has 3 fully saturated rings. The molecule has 3 saturated heterocycles. The van der Waals surface area contributed by atoms with E-state index in [4.69, 9.17) is 9.84 Å². The number of amides is 1. The first-order valence-corrected chi connectivity index (χ1v) is 6.56. The highest BCUT2D eigenvalue weighted by Crippen LogP contribution is 2.42. The molecule has 3 rings (SSSR count). The van der Waals surface area contributed by atoms with Crippen molar-refractivity contribution >= 4 is 11.9 Å². The summed E-state index contributed by atoms with van der Waals surface area (Å²) in [5, 5.41) is 12.3. The Morgan fingerprint density at radius 3 is 2.78 bits per heavy atom. The van der Waals surface area contributed by atoms with Crippen LogP contribution in [0.25, 0.3) is 0 Å². The monoisotopic (exact) mass is 254 g/mol. The number of ether oxygens (including phenoxy) is 1. The third-order valence-electron chi connectivity index (χ3n) is 4.31. The van der Waals surface area contributed by atoms with Crippen molar-refractivity contribution in [3.8, 4) is 0 Å². The third-order valence-corrected chi connectivity index (χ3v) is 4.31. The second-order valence-electron chi connectivity index (χ2n) is 5.29. The van der Waals surface area contributed by atoms with Gasteiger partial charge in [0, 0.05) is 25.2 Å². The standard InChI is InChI=1S/C12H18N2O4/c15-11(10-6-13-3-4-18-10)14-7-1-2-9(14)8(5-7)12(16)17/h7-10,13H,1-6H2,(H,16,17). The van der Waals surface area contributed by atoms with Crippen LogP contribution in [-0.4, -0.2) is 59.8 Å². The number of carbonyl (C=O) groups excluding carboxylic acids is 1. The van der Waals surface area contributed by atoms with E-state index in [9.17, 15) is 9.59 Å². The number of carboxylic acids is 1. The third kappa shape index (κ3) is 1.80. The Balaban J connectivity index is 1.72. The van der Waals surface area contributed by atoms with Crippen molar-refractivity contribution in [3.05, 3.63) is 0 Å². The largest absolute Gasteiger partial charge is 0.481 e. The topological polar surface area (TPSA) is 78.9 Å². The van der Waals surface area contributed by atoms with E-state index in [0.717, 1.165) is 19.4 Å². The lowest BCUT2D eigenvalue weighted by Gasteiger charge is -2.30. The highest BCUT2D eigenvalue weighted by atomic mass is 16.5. The van der Waals surface area contributed by atoms with Gasteiger partial charge in [0.05, 0.1) is 12.5 Å². The molecule has 4 unspecified atom stereocenters. The fourth-order valence-corrected chi connectivity index (χ4v) is 3.49. The Labute approximate surface area is 105 Å². The van der Waals surface area contributed by atoms with Gasteiger partial charge in [0.15, 0.2) is 0 Å². The van der Waals surface area contributed by atoms with Crippen molar-refractivity contribution < 1.29 is 19.4 Å². The highest BCUT2D eigenvalue weighted by Gasteiger charge is 2.52. The van der Waals surface area contributed by atoms with Crippen LogP contribution in [0.15, 0.2) is 0 Å². The fraction of sp³-hybridized carbons (Fsp3) is 0.833. The van der Waals surface area contributed by atoms with Crippen molar-refractivity contribution in [3.63, 3.8) is 0 Å². The van der Waals surface area contributed by atoms with E-state index < -0.39 is 12.1 Å². The van der Waals surface area contributed by atoms with Crippen molar-refractivity contribution in [1.29, 1.82) is 0 Å². The van der Waals surface area contributed by atoms with Crippen LogP contribution in [0.2, 0.25) is 0 Å². The number of hydrogen-bond acceptors (Lipinski definition) is 4. The second-order valence-corrected chi connectivity index (χ2v) is 5.29. The molecule has 4 atom stereocenters. The molecule has 18 heavy (non-hydrogen) atoms. The van der Waals surface area contributed by atoms with Gasteiger partial charge in [-0.1, -0.05) is 0 Å². The summed E-state index contributed by atoms with van der Waals surface area (Å²) in [7, 11) is 0. The van der Waals surface area contributed by atoms with Gasteiger partial charge in [0.25, 0.3) is 5.91 Å². The number of hydrogen-bond donors (Lipinski definition) is 2. The van der Waals surface area contributed by atoms with Crippen LogP contribution in [0.3, 0.4) is 0 Å². The molecule has 0 aromatic carbocycles. The number of carboxylic acid groups (broad SMARTS) is 1. The maximum Gasteiger partial charge on any atom is 0.308 e. The number of morpholine rings is 1. The van der Waals surface area contributed by atoms with Crippen LogP contribution < -0.4 is 5.32 Å². The molecule has 3 aliphatic heterocycles. The molecule has 0 aromatic heterocycles. The molecular formula is C12H18N2O4. The van der Waals surface area contributed by atoms with Crippen LogP contribution in [0.5, 0.6) is 0 Å². The van der Waals surface area contributed by atoms with Crippen molar-refractivity contribution in [2.24, 2.45) is 5.92 Å². The van der Waals surface area contributed by atoms with Gasteiger partial charge in [-0.05, 0) is 19.3 Å². The van der Waals surface area contributed by atoms with E-state index >= 15 is 0 Å². The van der Waals surface area contributed by atoms with Crippen molar-refractivity contribution in [2.75, 3.05) is 19.7 Å². The molecule has 0 radical (unpaired) electrons. The average molecular weight is 254 g/mol. The SMILES string of the molecule is O=C(O)C1CC2CCC1N2C(=O)C1CNCCO1. The molecule has 0 aromatic rings. The lowest BCUT2D eigenvalue weighted by Crippen LogP contribution is -2.51. The molecule has 6 heteroatoms. The maximum atomic E-state index is 12.4. The summed E-state index contributed by atoms with van der Waals surface area (Å²) >= 11 is 0. The van der Waals surface area contributed by atoms with Gasteiger partial charge in [-0.15, -0.1) is 0 Å². The van der Waals surface area contributed by atoms with Crippen LogP contribution in [0.1, 0.15) is 19.3 Å². The molecule has 1 amide bonds. The number of rotatable bonds is 2. The van der Waals surface area contributed by atoms with Gasteiger partial charge in [-0.2, -0.15) is 0 Å². The first kappa shape index (κ1) is 11.9. The van der Waals surface area contributed by atoms with Crippen molar-refractivity contribution in [1.82, 2.24) is 10.2 Å². The van der Waals surface area contributed by atoms with E-state index in [-0.39, 0.29) is 23.9 Å². The van der Waals surface area contributed by atoms with Gasteiger partial charge in [-0.25, -0.2) is 0 Å². The Bertz CT molecular complexity index is 367. The summed E-state index contributed by atoms with van der Waals surface area (Å²) in [4.78, 5) is 25.3. The summed E-state index contributed by atoms with van der Waals surface area (Å²) in [6, 6.07) is -0.0142. The average Bonchev–Trinajstić information content (AvgIpc) is 2.96. The Kier molecular flexibility index (Phi) is 2.99. The second kappa shape index (κ2) is 4.51. The van der Waals surface area contributed by atoms with Gasteiger partial charge in [0.2, 0.25) is 0 Å². The quantitative estimate of drug-likeness (QED) is 0.690. The normalized spacial score (nSPS) is 39.0. The maximum absolute atomic E-state index is 12.4. The van der Waals surface area contributed by atoms with E-state index in [0.29, 0.717) is 19.6 Å². The molecular weight excluding hydrogens is 236 g/mol. The van der Waals surface area contributed by atoms with Crippen LogP contribution in [0.4, 0.5) is 0 Å². The lowest BCUT2D eigenvalue weighted by molar-refractivity contribution is -0.148. The molecule has 0 saturated carbocycles. The molecule has 3 heterocycles. The zero-order chi connectivity index (χ0) is 12.7. The molecule has 100 valence electrons. The van der Waals surface area contributed by atoms with Gasteiger partial charge in [0.1, 0.15) is 6.10 Å². The minimum absolute atomic E-state index is 0.0292. The Morgan fingerprint density at radius 2 is 2.17 bits per heavy atom. The summed E-state index contributed by atoms with van der Waals surface area (Å²) < 4.78 is 5.47. The number of nitrogens with one attached hydrogen (secondary N) is 1. The highest BCUT2D eigenvalue weighted by molar-refractivity contribution is 5.84. The van der Waals surface area contributed by atoms with Crippen LogP contribution >= 0.6 is 0 Å². The number of fused-ring (bicyclic) bond motifs is 2. The summed E-state index contributed by atoms with van der Waals surface area (Å²) in [6.45, 7) is 1.85. The number of nitrogens with zero attached hydrogens (tertiary/aromatic N) is 1. The zero-order valence-corrected chi connectivity index (χ0v) is 10.2. The zero-order valence-electron chi connectivity index (χ0n) is 10.2. The summed E-state index contributed by atoms with van der Waals surface area (Å²) in [5.74, 6) is -1.19. The molecule has 0 aliphatic carbocycles. The molecule has 0 spiro atoms. The minimum atomic E-state index is -0.775. The summed E-state index contributed by atoms with van der Waals surface area (Å²) in [5.41, 5.74) is 0. The van der Waals surface area contributed by atoms with Gasteiger partial charge >= 0.3 is 5.97 Å². The molecule has 3 aliphatic rings. The number of aliphatic carboxylic acids is 1. The Hall–Kier alpha value is -1.14. The predicted molar refractivity (Wildman–Crippen MR) is 62.0 cm³/mol. The first-order chi connectivity index (χ1) is 8.68. The number of carbonyl (C=O) groups is 2. The van der Waals surface area contributed by atoms with Gasteiger partial charge in [-0.3, -0.25) is 9.59 Å². The first-order valence-electron chi connectivity index (χ1n) is 6.56.